The molecule has 3 aromatic heterocycles. The number of anilines is 1. The van der Waals surface area contributed by atoms with Crippen molar-refractivity contribution in [1.82, 2.24) is 29.6 Å². The van der Waals surface area contributed by atoms with Gasteiger partial charge in [0.1, 0.15) is 28.5 Å². The molecule has 1 aliphatic rings. The average molecular weight is 708 g/mol. The van der Waals surface area contributed by atoms with Crippen molar-refractivity contribution in [3.05, 3.63) is 30.2 Å². The Morgan fingerprint density at radius 3 is 1.86 bits per heavy atom. The van der Waals surface area contributed by atoms with Gasteiger partial charge in [-0.25, -0.2) is 34.0 Å². The summed E-state index contributed by atoms with van der Waals surface area (Å²) in [5.41, 5.74) is -3.64. The van der Waals surface area contributed by atoms with Crippen molar-refractivity contribution in [3.63, 3.8) is 0 Å². The Labute approximate surface area is 288 Å². The lowest BCUT2D eigenvalue weighted by Crippen LogP contribution is -2.44. The van der Waals surface area contributed by atoms with Crippen LogP contribution in [0.15, 0.2) is 24.7 Å². The summed E-state index contributed by atoms with van der Waals surface area (Å²) in [4.78, 5) is 54.6. The molecule has 0 unspecified atom stereocenters. The molecule has 50 heavy (non-hydrogen) atoms. The van der Waals surface area contributed by atoms with Crippen molar-refractivity contribution in [2.75, 3.05) is 11.9 Å². The normalized spacial score (nSPS) is 17.2. The van der Waals surface area contributed by atoms with Crippen LogP contribution in [0.1, 0.15) is 99.6 Å². The van der Waals surface area contributed by atoms with E-state index >= 15 is 0 Å². The van der Waals surface area contributed by atoms with E-state index in [2.05, 4.69) is 20.1 Å². The molecular formula is C33H44F3N7O7. The van der Waals surface area contributed by atoms with Gasteiger partial charge in [-0.3, -0.25) is 0 Å². The highest BCUT2D eigenvalue weighted by atomic mass is 19.4. The van der Waals surface area contributed by atoms with Gasteiger partial charge in [0.05, 0.1) is 11.6 Å². The van der Waals surface area contributed by atoms with Gasteiger partial charge < -0.3 is 23.8 Å². The molecule has 14 nitrogen and oxygen atoms in total. The molecule has 0 bridgehead atoms. The van der Waals surface area contributed by atoms with Crippen LogP contribution in [0.2, 0.25) is 0 Å². The first-order chi connectivity index (χ1) is 22.9. The summed E-state index contributed by atoms with van der Waals surface area (Å²) in [6.07, 6.45) is -3.20. The van der Waals surface area contributed by atoms with Crippen molar-refractivity contribution >= 4 is 35.1 Å². The van der Waals surface area contributed by atoms with Gasteiger partial charge in [0.2, 0.25) is 5.88 Å². The summed E-state index contributed by atoms with van der Waals surface area (Å²) in [5, 5.41) is 4.53. The van der Waals surface area contributed by atoms with Crippen LogP contribution >= 0.6 is 0 Å². The minimum absolute atomic E-state index is 0.0728. The second-order valence-corrected chi connectivity index (χ2v) is 15.0. The minimum Gasteiger partial charge on any atom is -0.444 e. The number of imide groups is 1. The molecule has 0 saturated heterocycles. The fraction of sp³-hybridized carbons (Fsp3) is 0.606. The van der Waals surface area contributed by atoms with Gasteiger partial charge in [0, 0.05) is 25.4 Å². The van der Waals surface area contributed by atoms with E-state index in [4.69, 9.17) is 18.9 Å². The van der Waals surface area contributed by atoms with Crippen molar-refractivity contribution in [3.8, 4) is 11.8 Å². The maximum absolute atomic E-state index is 13.6. The van der Waals surface area contributed by atoms with Crippen molar-refractivity contribution in [2.24, 2.45) is 0 Å². The molecule has 1 fully saturated rings. The first-order valence-corrected chi connectivity index (χ1v) is 16.1. The number of halogens is 3. The van der Waals surface area contributed by atoms with Crippen LogP contribution in [0.25, 0.3) is 11.0 Å². The van der Waals surface area contributed by atoms with Crippen LogP contribution in [0, 0.1) is 0 Å². The lowest BCUT2D eigenvalue weighted by atomic mass is 9.90. The summed E-state index contributed by atoms with van der Waals surface area (Å²) >= 11 is 0. The minimum atomic E-state index is -4.69. The summed E-state index contributed by atoms with van der Waals surface area (Å²) < 4.78 is 64.7. The molecule has 0 aliphatic heterocycles. The Hall–Kier alpha value is -4.70. The zero-order valence-electron chi connectivity index (χ0n) is 29.9. The second-order valence-electron chi connectivity index (χ2n) is 15.0. The average Bonchev–Trinajstić information content (AvgIpc) is 3.33. The van der Waals surface area contributed by atoms with E-state index in [1.54, 1.807) is 74.3 Å². The van der Waals surface area contributed by atoms with E-state index in [0.29, 0.717) is 36.6 Å². The van der Waals surface area contributed by atoms with E-state index in [-0.39, 0.29) is 34.8 Å². The maximum Gasteiger partial charge on any atom is 0.425 e. The predicted octanol–water partition coefficient (Wildman–Crippen LogP) is 8.06. The summed E-state index contributed by atoms with van der Waals surface area (Å²) in [7, 11) is 1.68. The Morgan fingerprint density at radius 1 is 0.800 bits per heavy atom. The first kappa shape index (κ1) is 38.1. The monoisotopic (exact) mass is 707 g/mol. The topological polar surface area (TPSA) is 151 Å². The molecule has 0 atom stereocenters. The van der Waals surface area contributed by atoms with E-state index in [0.717, 1.165) is 18.6 Å². The van der Waals surface area contributed by atoms with Gasteiger partial charge in [-0.15, -0.1) is 5.10 Å². The molecular weight excluding hydrogens is 663 g/mol. The number of fused-ring (bicyclic) bond motifs is 1. The largest absolute Gasteiger partial charge is 0.444 e. The Kier molecular flexibility index (Phi) is 10.6. The molecule has 3 aromatic rings. The van der Waals surface area contributed by atoms with E-state index in [1.807, 2.05) is 0 Å². The molecule has 274 valence electrons. The van der Waals surface area contributed by atoms with Gasteiger partial charge in [0.15, 0.2) is 11.5 Å². The van der Waals surface area contributed by atoms with E-state index in [1.165, 1.54) is 4.68 Å². The predicted molar refractivity (Wildman–Crippen MR) is 175 cm³/mol. The van der Waals surface area contributed by atoms with Gasteiger partial charge >= 0.3 is 24.5 Å². The summed E-state index contributed by atoms with van der Waals surface area (Å²) in [6, 6.07) is 1.03. The van der Waals surface area contributed by atoms with E-state index < -0.39 is 52.7 Å². The molecule has 0 N–H and O–H groups in total. The third kappa shape index (κ3) is 9.50. The van der Waals surface area contributed by atoms with E-state index in [9.17, 15) is 27.6 Å². The van der Waals surface area contributed by atoms with Crippen molar-refractivity contribution < 1.29 is 46.5 Å². The maximum atomic E-state index is 13.6. The molecule has 0 radical (unpaired) electrons. The van der Waals surface area contributed by atoms with Gasteiger partial charge in [0.25, 0.3) is 5.88 Å². The number of carbonyl (C=O) groups is 3. The SMILES string of the molecule is CN(C(=O)OC(C)(C)C)[C@H]1CC[C@@H](n2nc(Oc3cc(C(F)(F)F)ccn3)c3c(N(C(=O)OC(C)(C)C)C(=O)OC(C)(C)C)ncnc32)CC1. The molecule has 17 heteroatoms. The third-order valence-corrected chi connectivity index (χ3v) is 7.31. The standard InChI is InChI=1S/C33H44F3N7O7/c1-30(2,3)48-27(44)41(10)20-11-13-21(14-12-20)43-25-23(26(40-43)47-22-17-19(15-16-37-22)33(34,35)36)24(38-18-39-25)42(28(45)49-31(4,5)6)29(46)50-32(7,8)9/h15-18,20-21H,11-14H2,1-10H3/t20-,21+. The highest BCUT2D eigenvalue weighted by molar-refractivity contribution is 6.14. The quantitative estimate of drug-likeness (QED) is 0.237. The van der Waals surface area contributed by atoms with Crippen LogP contribution in [0.4, 0.5) is 33.4 Å². The number of pyridine rings is 1. The highest BCUT2D eigenvalue weighted by Crippen LogP contribution is 2.40. The molecule has 3 heterocycles. The molecule has 4 rings (SSSR count). The Bertz CT molecular complexity index is 1690. The molecule has 0 aromatic carbocycles. The van der Waals surface area contributed by atoms with Gasteiger partial charge in [-0.05, 0) is 94.1 Å². The fourth-order valence-corrected chi connectivity index (χ4v) is 5.20. The first-order valence-electron chi connectivity index (χ1n) is 16.1. The van der Waals surface area contributed by atoms with Crippen LogP contribution in [-0.2, 0) is 20.4 Å². The number of carbonyl (C=O) groups excluding carboxylic acids is 3. The smallest absolute Gasteiger partial charge is 0.425 e. The number of rotatable bonds is 5. The number of alkyl halides is 3. The number of hydrogen-bond donors (Lipinski definition) is 0. The molecule has 1 saturated carbocycles. The fourth-order valence-electron chi connectivity index (χ4n) is 5.20. The number of amides is 3. The van der Waals surface area contributed by atoms with Crippen molar-refractivity contribution in [1.29, 1.82) is 0 Å². The lowest BCUT2D eigenvalue weighted by Gasteiger charge is -2.35. The third-order valence-electron chi connectivity index (χ3n) is 7.31. The van der Waals surface area contributed by atoms with Crippen molar-refractivity contribution in [2.45, 2.75) is 123 Å². The summed E-state index contributed by atoms with van der Waals surface area (Å²) in [6.45, 7) is 15.0. The zero-order chi connectivity index (χ0) is 37.4. The van der Waals surface area contributed by atoms with Gasteiger partial charge in [-0.1, -0.05) is 0 Å². The lowest BCUT2D eigenvalue weighted by molar-refractivity contribution is -0.137. The Balaban J connectivity index is 1.82. The summed E-state index contributed by atoms with van der Waals surface area (Å²) in [5.74, 6) is -1.09. The Morgan fingerprint density at radius 2 is 1.34 bits per heavy atom. The number of aromatic nitrogens is 5. The highest BCUT2D eigenvalue weighted by Gasteiger charge is 2.39. The van der Waals surface area contributed by atoms with Crippen LogP contribution in [-0.4, -0.2) is 77.8 Å². The molecule has 1 aliphatic carbocycles. The van der Waals surface area contributed by atoms with Crippen LogP contribution < -0.4 is 9.64 Å². The molecule has 0 spiro atoms. The number of nitrogens with zero attached hydrogens (tertiary/aromatic N) is 7. The van der Waals surface area contributed by atoms with Gasteiger partial charge in [-0.2, -0.15) is 18.1 Å². The van der Waals surface area contributed by atoms with Crippen LogP contribution in [0.5, 0.6) is 11.8 Å². The number of hydrogen-bond acceptors (Lipinski definition) is 11. The zero-order valence-corrected chi connectivity index (χ0v) is 29.9. The molecule has 3 amide bonds. The van der Waals surface area contributed by atoms with Crippen LogP contribution in [0.3, 0.4) is 0 Å². The second kappa shape index (κ2) is 13.9. The number of ether oxygens (including phenoxy) is 4.